The fourth-order valence-corrected chi connectivity index (χ4v) is 1.72. The molecule has 0 fully saturated rings. The van der Waals surface area contributed by atoms with Crippen LogP contribution in [0.15, 0.2) is 18.2 Å². The molecule has 0 aliphatic heterocycles. The highest BCUT2D eigenvalue weighted by Crippen LogP contribution is 2.25. The molecule has 0 aromatic heterocycles. The number of halogens is 1. The van der Waals surface area contributed by atoms with Gasteiger partial charge in [-0.05, 0) is 18.5 Å². The molecule has 1 unspecified atom stereocenters. The van der Waals surface area contributed by atoms with E-state index >= 15 is 0 Å². The van der Waals surface area contributed by atoms with E-state index in [1.165, 1.54) is 6.07 Å². The van der Waals surface area contributed by atoms with Crippen molar-refractivity contribution in [1.29, 1.82) is 0 Å². The van der Waals surface area contributed by atoms with Crippen molar-refractivity contribution in [2.75, 3.05) is 6.54 Å². The van der Waals surface area contributed by atoms with Gasteiger partial charge in [-0.25, -0.2) is 0 Å². The molecule has 4 nitrogen and oxygen atoms in total. The summed E-state index contributed by atoms with van der Waals surface area (Å²) in [5, 5.41) is 14.5. The number of hydrogen-bond acceptors (Lipinski definition) is 3. The Balaban J connectivity index is 2.72. The first-order valence-corrected chi connectivity index (χ1v) is 6.06. The SMILES string of the molecule is CCC(C)CNCc1c(Cl)cccc1[N+](=O)[O-]. The van der Waals surface area contributed by atoms with Gasteiger partial charge in [-0.2, -0.15) is 0 Å². The highest BCUT2D eigenvalue weighted by molar-refractivity contribution is 6.31. The summed E-state index contributed by atoms with van der Waals surface area (Å²) in [5.74, 6) is 0.552. The van der Waals surface area contributed by atoms with E-state index in [1.807, 2.05) is 0 Å². The van der Waals surface area contributed by atoms with Crippen LogP contribution in [0.1, 0.15) is 25.8 Å². The Morgan fingerprint density at radius 2 is 2.24 bits per heavy atom. The maximum absolute atomic E-state index is 10.8. The highest BCUT2D eigenvalue weighted by Gasteiger charge is 2.15. The fourth-order valence-electron chi connectivity index (χ4n) is 1.48. The zero-order chi connectivity index (χ0) is 12.8. The number of rotatable bonds is 6. The van der Waals surface area contributed by atoms with Gasteiger partial charge in [-0.3, -0.25) is 10.1 Å². The lowest BCUT2D eigenvalue weighted by molar-refractivity contribution is -0.385. The zero-order valence-corrected chi connectivity index (χ0v) is 10.8. The number of nitrogens with zero attached hydrogens (tertiary/aromatic N) is 1. The lowest BCUT2D eigenvalue weighted by Gasteiger charge is -2.11. The number of nitro groups is 1. The smallest absolute Gasteiger partial charge is 0.275 e. The molecule has 0 bridgehead atoms. The summed E-state index contributed by atoms with van der Waals surface area (Å²) < 4.78 is 0. The van der Waals surface area contributed by atoms with E-state index in [1.54, 1.807) is 12.1 Å². The largest absolute Gasteiger partial charge is 0.312 e. The quantitative estimate of drug-likeness (QED) is 0.627. The molecule has 5 heteroatoms. The fraction of sp³-hybridized carbons (Fsp3) is 0.500. The molecule has 0 spiro atoms. The van der Waals surface area contributed by atoms with Crippen LogP contribution in [0, 0.1) is 16.0 Å². The van der Waals surface area contributed by atoms with Gasteiger partial charge in [0.1, 0.15) is 0 Å². The number of benzene rings is 1. The summed E-state index contributed by atoms with van der Waals surface area (Å²) in [6.45, 7) is 5.51. The van der Waals surface area contributed by atoms with Gasteiger partial charge >= 0.3 is 0 Å². The summed E-state index contributed by atoms with van der Waals surface area (Å²) >= 11 is 5.98. The maximum atomic E-state index is 10.8. The zero-order valence-electron chi connectivity index (χ0n) is 10.1. The van der Waals surface area contributed by atoms with Gasteiger partial charge in [0.25, 0.3) is 5.69 Å². The minimum absolute atomic E-state index is 0.0779. The molecule has 0 aliphatic rings. The van der Waals surface area contributed by atoms with Crippen molar-refractivity contribution in [2.45, 2.75) is 26.8 Å². The van der Waals surface area contributed by atoms with Crippen LogP contribution < -0.4 is 5.32 Å². The molecule has 94 valence electrons. The van der Waals surface area contributed by atoms with E-state index in [9.17, 15) is 10.1 Å². The minimum Gasteiger partial charge on any atom is -0.312 e. The second-order valence-electron chi connectivity index (χ2n) is 4.14. The van der Waals surface area contributed by atoms with Crippen LogP contribution >= 0.6 is 11.6 Å². The van der Waals surface area contributed by atoms with Crippen LogP contribution in [0.5, 0.6) is 0 Å². The van der Waals surface area contributed by atoms with Gasteiger partial charge in [0.05, 0.1) is 15.5 Å². The van der Waals surface area contributed by atoms with Gasteiger partial charge in [0.15, 0.2) is 0 Å². The van der Waals surface area contributed by atoms with E-state index in [4.69, 9.17) is 11.6 Å². The van der Waals surface area contributed by atoms with Crippen LogP contribution in [0.2, 0.25) is 5.02 Å². The molecule has 17 heavy (non-hydrogen) atoms. The Bertz CT molecular complexity index is 396. The van der Waals surface area contributed by atoms with Crippen LogP contribution in [-0.4, -0.2) is 11.5 Å². The summed E-state index contributed by atoms with van der Waals surface area (Å²) in [7, 11) is 0. The molecule has 0 aliphatic carbocycles. The van der Waals surface area contributed by atoms with Crippen molar-refractivity contribution in [1.82, 2.24) is 5.32 Å². The summed E-state index contributed by atoms with van der Waals surface area (Å²) in [4.78, 5) is 10.4. The summed E-state index contributed by atoms with van der Waals surface area (Å²) in [6.07, 6.45) is 1.08. The van der Waals surface area contributed by atoms with E-state index in [0.29, 0.717) is 23.0 Å². The van der Waals surface area contributed by atoms with Gasteiger partial charge in [0.2, 0.25) is 0 Å². The lowest BCUT2D eigenvalue weighted by Crippen LogP contribution is -2.21. The molecule has 1 aromatic carbocycles. The number of nitro benzene ring substituents is 1. The van der Waals surface area contributed by atoms with Gasteiger partial charge in [-0.15, -0.1) is 0 Å². The molecule has 0 heterocycles. The standard InChI is InChI=1S/C12H17ClN2O2/c1-3-9(2)7-14-8-10-11(13)5-4-6-12(10)15(16)17/h4-6,9,14H,3,7-8H2,1-2H3. The predicted octanol–water partition coefficient (Wildman–Crippen LogP) is 3.38. The van der Waals surface area contributed by atoms with Crippen molar-refractivity contribution in [2.24, 2.45) is 5.92 Å². The monoisotopic (exact) mass is 256 g/mol. The third-order valence-electron chi connectivity index (χ3n) is 2.78. The Morgan fingerprint density at radius 1 is 1.53 bits per heavy atom. The first kappa shape index (κ1) is 13.9. The predicted molar refractivity (Wildman–Crippen MR) is 69.3 cm³/mol. The summed E-state index contributed by atoms with van der Waals surface area (Å²) in [6, 6.07) is 4.75. The Labute approximate surface area is 106 Å². The Hall–Kier alpha value is -1.13. The molecule has 1 atom stereocenters. The minimum atomic E-state index is -0.397. The molecule has 1 N–H and O–H groups in total. The third kappa shape index (κ3) is 3.98. The first-order valence-electron chi connectivity index (χ1n) is 5.68. The summed E-state index contributed by atoms with van der Waals surface area (Å²) in [5.41, 5.74) is 0.636. The normalized spacial score (nSPS) is 12.4. The van der Waals surface area contributed by atoms with E-state index in [-0.39, 0.29) is 5.69 Å². The lowest BCUT2D eigenvalue weighted by atomic mass is 10.1. The molecule has 1 aromatic rings. The molecular weight excluding hydrogens is 240 g/mol. The first-order chi connectivity index (χ1) is 8.06. The van der Waals surface area contributed by atoms with Crippen LogP contribution in [0.3, 0.4) is 0 Å². The second kappa shape index (κ2) is 6.57. The second-order valence-corrected chi connectivity index (χ2v) is 4.55. The number of nitrogens with one attached hydrogen (secondary N) is 1. The maximum Gasteiger partial charge on any atom is 0.275 e. The topological polar surface area (TPSA) is 55.2 Å². The van der Waals surface area contributed by atoms with E-state index < -0.39 is 4.92 Å². The Morgan fingerprint density at radius 3 is 2.82 bits per heavy atom. The molecule has 0 radical (unpaired) electrons. The van der Waals surface area contributed by atoms with Crippen molar-refractivity contribution in [3.63, 3.8) is 0 Å². The molecule has 0 saturated carbocycles. The third-order valence-corrected chi connectivity index (χ3v) is 3.14. The highest BCUT2D eigenvalue weighted by atomic mass is 35.5. The van der Waals surface area contributed by atoms with Crippen molar-refractivity contribution in [3.05, 3.63) is 38.9 Å². The molecule has 0 saturated heterocycles. The molecule has 1 rings (SSSR count). The average molecular weight is 257 g/mol. The molecule has 0 amide bonds. The van der Waals surface area contributed by atoms with Crippen molar-refractivity contribution in [3.8, 4) is 0 Å². The molecular formula is C12H17ClN2O2. The van der Waals surface area contributed by atoms with Gasteiger partial charge in [0, 0.05) is 12.6 Å². The van der Waals surface area contributed by atoms with E-state index in [0.717, 1.165) is 13.0 Å². The van der Waals surface area contributed by atoms with Crippen LogP contribution in [0.4, 0.5) is 5.69 Å². The average Bonchev–Trinajstić information content (AvgIpc) is 2.30. The van der Waals surface area contributed by atoms with Crippen LogP contribution in [0.25, 0.3) is 0 Å². The Kier molecular flexibility index (Phi) is 5.38. The van der Waals surface area contributed by atoms with Crippen molar-refractivity contribution >= 4 is 17.3 Å². The van der Waals surface area contributed by atoms with E-state index in [2.05, 4.69) is 19.2 Å². The number of hydrogen-bond donors (Lipinski definition) is 1. The van der Waals surface area contributed by atoms with Crippen molar-refractivity contribution < 1.29 is 4.92 Å². The van der Waals surface area contributed by atoms with Gasteiger partial charge in [-0.1, -0.05) is 37.9 Å². The van der Waals surface area contributed by atoms with Gasteiger partial charge < -0.3 is 5.32 Å². The van der Waals surface area contributed by atoms with Crippen LogP contribution in [-0.2, 0) is 6.54 Å².